The molecule has 1 aliphatic carbocycles. The van der Waals surface area contributed by atoms with Crippen molar-refractivity contribution < 1.29 is 31.5 Å². The van der Waals surface area contributed by atoms with Gasteiger partial charge in [-0.05, 0) is 62.6 Å². The monoisotopic (exact) mass is 460 g/mol. The summed E-state index contributed by atoms with van der Waals surface area (Å²) in [6.45, 7) is 0.996. The van der Waals surface area contributed by atoms with Crippen LogP contribution in [0.15, 0.2) is 24.3 Å². The van der Waals surface area contributed by atoms with Crippen LogP contribution in [0.4, 0.5) is 8.78 Å². The SMILES string of the molecule is O=CCOc1ccccc1[C@H]1CC[C@@H](OC[C@@H]2NCCC[C@@H]2NS(=O)(=O)C(F)F)CC1. The van der Waals surface area contributed by atoms with Gasteiger partial charge in [0.1, 0.15) is 12.4 Å². The van der Waals surface area contributed by atoms with E-state index in [1.807, 2.05) is 24.3 Å². The number of sulfonamides is 1. The number of carbonyl (C=O) groups is 1. The smallest absolute Gasteiger partial charge is 0.350 e. The molecule has 0 amide bonds. The Kier molecular flexibility index (Phi) is 8.76. The Labute approximate surface area is 181 Å². The highest BCUT2D eigenvalue weighted by Crippen LogP contribution is 2.38. The maximum atomic E-state index is 12.7. The van der Waals surface area contributed by atoms with Gasteiger partial charge in [-0.15, -0.1) is 0 Å². The number of nitrogens with one attached hydrogen (secondary N) is 2. The van der Waals surface area contributed by atoms with E-state index in [9.17, 15) is 22.0 Å². The normalized spacial score (nSPS) is 27.2. The van der Waals surface area contributed by atoms with E-state index in [4.69, 9.17) is 9.47 Å². The van der Waals surface area contributed by atoms with Crippen LogP contribution in [0.25, 0.3) is 0 Å². The van der Waals surface area contributed by atoms with Gasteiger partial charge in [-0.1, -0.05) is 18.2 Å². The summed E-state index contributed by atoms with van der Waals surface area (Å²) in [4.78, 5) is 10.6. The minimum absolute atomic E-state index is 0.0281. The van der Waals surface area contributed by atoms with Crippen molar-refractivity contribution in [3.63, 3.8) is 0 Å². The zero-order valence-electron chi connectivity index (χ0n) is 17.3. The van der Waals surface area contributed by atoms with Crippen LogP contribution in [0.2, 0.25) is 0 Å². The van der Waals surface area contributed by atoms with Crippen LogP contribution >= 0.6 is 0 Å². The number of piperidine rings is 1. The molecule has 10 heteroatoms. The van der Waals surface area contributed by atoms with Crippen LogP contribution in [-0.2, 0) is 19.6 Å². The van der Waals surface area contributed by atoms with Gasteiger partial charge in [0.15, 0.2) is 6.29 Å². The molecule has 1 aromatic rings. The highest BCUT2D eigenvalue weighted by molar-refractivity contribution is 7.89. The standard InChI is InChI=1S/C21H30F2N2O5S/c22-21(23)31(27,28)25-18-5-3-11-24-19(18)14-30-16-9-7-15(8-10-16)17-4-1-2-6-20(17)29-13-12-26/h1-2,4,6,12,15-16,18-19,21,24-25H,3,5,7-11,13-14H2/t15-,16+,18-,19-/m0/s1. The fraction of sp³-hybridized carbons (Fsp3) is 0.667. The van der Waals surface area contributed by atoms with Crippen molar-refractivity contribution in [3.05, 3.63) is 29.8 Å². The van der Waals surface area contributed by atoms with Gasteiger partial charge in [0, 0.05) is 12.1 Å². The number of halogens is 2. The summed E-state index contributed by atoms with van der Waals surface area (Å²) >= 11 is 0. The van der Waals surface area contributed by atoms with Gasteiger partial charge in [-0.25, -0.2) is 13.1 Å². The number of alkyl halides is 2. The molecular weight excluding hydrogens is 430 g/mol. The Bertz CT molecular complexity index is 816. The lowest BCUT2D eigenvalue weighted by Crippen LogP contribution is -2.56. The molecule has 2 fully saturated rings. The Balaban J connectivity index is 1.50. The average Bonchev–Trinajstić information content (AvgIpc) is 2.77. The van der Waals surface area contributed by atoms with Gasteiger partial charge < -0.3 is 14.8 Å². The number of para-hydroxylation sites is 1. The number of hydrogen-bond donors (Lipinski definition) is 2. The second-order valence-corrected chi connectivity index (χ2v) is 9.74. The molecule has 174 valence electrons. The molecule has 1 aliphatic heterocycles. The van der Waals surface area contributed by atoms with Crippen LogP contribution in [-0.4, -0.2) is 58.4 Å². The van der Waals surface area contributed by atoms with Crippen LogP contribution in [0.3, 0.4) is 0 Å². The zero-order chi connectivity index (χ0) is 22.3. The molecule has 0 unspecified atom stereocenters. The number of aldehydes is 1. The van der Waals surface area contributed by atoms with Gasteiger partial charge in [0.25, 0.3) is 10.0 Å². The number of ether oxygens (including phenoxy) is 2. The first-order valence-electron chi connectivity index (χ1n) is 10.7. The molecule has 2 aliphatic rings. The summed E-state index contributed by atoms with van der Waals surface area (Å²) in [5.41, 5.74) is 1.10. The summed E-state index contributed by atoms with van der Waals surface area (Å²) in [5.74, 6) is -2.38. The molecular formula is C21H30F2N2O5S. The molecule has 1 saturated carbocycles. The highest BCUT2D eigenvalue weighted by Gasteiger charge is 2.34. The van der Waals surface area contributed by atoms with Crippen molar-refractivity contribution in [2.24, 2.45) is 0 Å². The second kappa shape index (κ2) is 11.3. The third-order valence-electron chi connectivity index (χ3n) is 5.99. The lowest BCUT2D eigenvalue weighted by Gasteiger charge is -2.35. The molecule has 3 rings (SSSR count). The predicted molar refractivity (Wildman–Crippen MR) is 112 cm³/mol. The van der Waals surface area contributed by atoms with Crippen molar-refractivity contribution in [3.8, 4) is 5.75 Å². The molecule has 2 atom stereocenters. The van der Waals surface area contributed by atoms with Crippen molar-refractivity contribution in [1.82, 2.24) is 10.0 Å². The number of hydrogen-bond acceptors (Lipinski definition) is 6. The van der Waals surface area contributed by atoms with Crippen LogP contribution < -0.4 is 14.8 Å². The minimum atomic E-state index is -4.64. The van der Waals surface area contributed by atoms with E-state index in [1.165, 1.54) is 0 Å². The fourth-order valence-corrected chi connectivity index (χ4v) is 5.19. The van der Waals surface area contributed by atoms with E-state index in [0.717, 1.165) is 43.3 Å². The first-order valence-corrected chi connectivity index (χ1v) is 12.2. The van der Waals surface area contributed by atoms with Crippen molar-refractivity contribution in [1.29, 1.82) is 0 Å². The quantitative estimate of drug-likeness (QED) is 0.522. The molecule has 0 spiro atoms. The second-order valence-electron chi connectivity index (χ2n) is 8.06. The van der Waals surface area contributed by atoms with Crippen LogP contribution in [0.1, 0.15) is 50.0 Å². The third kappa shape index (κ3) is 6.68. The molecule has 31 heavy (non-hydrogen) atoms. The predicted octanol–water partition coefficient (Wildman–Crippen LogP) is 2.57. The molecule has 1 saturated heterocycles. The third-order valence-corrected chi connectivity index (χ3v) is 7.09. The van der Waals surface area contributed by atoms with E-state index >= 15 is 0 Å². The molecule has 0 radical (unpaired) electrons. The Morgan fingerprint density at radius 1 is 1.16 bits per heavy atom. The fourth-order valence-electron chi connectivity index (χ4n) is 4.38. The summed E-state index contributed by atoms with van der Waals surface area (Å²) in [5, 5.41) is 3.19. The Hall–Kier alpha value is -1.62. The largest absolute Gasteiger partial charge is 0.486 e. The van der Waals surface area contributed by atoms with E-state index in [0.29, 0.717) is 25.3 Å². The first kappa shape index (κ1) is 24.0. The molecule has 2 N–H and O–H groups in total. The average molecular weight is 461 g/mol. The Morgan fingerprint density at radius 3 is 2.61 bits per heavy atom. The number of carbonyl (C=O) groups excluding carboxylic acids is 1. The van der Waals surface area contributed by atoms with Crippen molar-refractivity contribution in [2.45, 2.75) is 68.4 Å². The maximum absolute atomic E-state index is 12.7. The summed E-state index contributed by atoms with van der Waals surface area (Å²) in [6.07, 6.45) is 5.48. The molecule has 0 bridgehead atoms. The highest BCUT2D eigenvalue weighted by atomic mass is 32.2. The van der Waals surface area contributed by atoms with Gasteiger partial charge in [0.2, 0.25) is 0 Å². The summed E-state index contributed by atoms with van der Waals surface area (Å²) < 4.78 is 62.3. The molecule has 1 heterocycles. The lowest BCUT2D eigenvalue weighted by molar-refractivity contribution is -0.109. The van der Waals surface area contributed by atoms with Gasteiger partial charge in [0.05, 0.1) is 12.7 Å². The first-order chi connectivity index (χ1) is 14.9. The minimum Gasteiger partial charge on any atom is -0.486 e. The van der Waals surface area contributed by atoms with Gasteiger partial charge >= 0.3 is 5.76 Å². The number of benzene rings is 1. The van der Waals surface area contributed by atoms with Crippen LogP contribution in [0.5, 0.6) is 5.75 Å². The van der Waals surface area contributed by atoms with E-state index in [1.54, 1.807) is 0 Å². The Morgan fingerprint density at radius 2 is 1.90 bits per heavy atom. The summed E-state index contributed by atoms with van der Waals surface area (Å²) in [7, 11) is -4.64. The topological polar surface area (TPSA) is 93.7 Å². The molecule has 0 aromatic heterocycles. The van der Waals surface area contributed by atoms with E-state index in [-0.39, 0.29) is 25.4 Å². The van der Waals surface area contributed by atoms with Gasteiger partial charge in [-0.3, -0.25) is 4.79 Å². The lowest BCUT2D eigenvalue weighted by atomic mass is 9.82. The molecule has 1 aromatic carbocycles. The van der Waals surface area contributed by atoms with Crippen molar-refractivity contribution >= 4 is 16.3 Å². The maximum Gasteiger partial charge on any atom is 0.350 e. The molecule has 7 nitrogen and oxygen atoms in total. The summed E-state index contributed by atoms with van der Waals surface area (Å²) in [6, 6.07) is 6.80. The zero-order valence-corrected chi connectivity index (χ0v) is 18.2. The van der Waals surface area contributed by atoms with Crippen LogP contribution in [0, 0.1) is 0 Å². The van der Waals surface area contributed by atoms with Gasteiger partial charge in [-0.2, -0.15) is 8.78 Å². The van der Waals surface area contributed by atoms with E-state index < -0.39 is 21.8 Å². The number of rotatable bonds is 10. The van der Waals surface area contributed by atoms with E-state index in [2.05, 4.69) is 10.0 Å². The van der Waals surface area contributed by atoms with Crippen molar-refractivity contribution in [2.75, 3.05) is 19.8 Å².